The number of likely N-dealkylation sites (N-methyl/N-ethyl adjacent to an activating group) is 1. The molecule has 2 amide bonds. The Morgan fingerprint density at radius 3 is 2.18 bits per heavy atom. The summed E-state index contributed by atoms with van der Waals surface area (Å²) >= 11 is 0. The Hall–Kier alpha value is -1.14. The second-order valence-electron chi connectivity index (χ2n) is 8.82. The number of carbonyl (C=O) groups is 2. The zero-order valence-electron chi connectivity index (χ0n) is 18.6. The summed E-state index contributed by atoms with van der Waals surface area (Å²) < 4.78 is 0. The maximum Gasteiger partial charge on any atom is 0.237 e. The van der Waals surface area contributed by atoms with Crippen LogP contribution in [-0.4, -0.2) is 84.9 Å². The summed E-state index contributed by atoms with van der Waals surface area (Å²) in [6.45, 7) is 15.3. The molecular weight excluding hydrogens is 352 g/mol. The summed E-state index contributed by atoms with van der Waals surface area (Å²) in [6.07, 6.45) is 5.40. The highest BCUT2D eigenvalue weighted by atomic mass is 16.2. The predicted octanol–water partition coefficient (Wildman–Crippen LogP) is 2.19. The van der Waals surface area contributed by atoms with Crippen LogP contribution in [0.3, 0.4) is 0 Å². The maximum atomic E-state index is 13.1. The molecule has 6 nitrogen and oxygen atoms in total. The van der Waals surface area contributed by atoms with E-state index >= 15 is 0 Å². The van der Waals surface area contributed by atoms with E-state index in [1.54, 1.807) is 0 Å². The predicted molar refractivity (Wildman–Crippen MR) is 114 cm³/mol. The van der Waals surface area contributed by atoms with E-state index in [0.29, 0.717) is 18.3 Å². The zero-order chi connectivity index (χ0) is 20.5. The Morgan fingerprint density at radius 1 is 1.04 bits per heavy atom. The molecule has 0 aromatic heterocycles. The van der Waals surface area contributed by atoms with Gasteiger partial charge in [-0.15, -0.1) is 0 Å². The van der Waals surface area contributed by atoms with Crippen molar-refractivity contribution in [3.8, 4) is 0 Å². The van der Waals surface area contributed by atoms with E-state index in [-0.39, 0.29) is 17.9 Å². The van der Waals surface area contributed by atoms with Crippen molar-refractivity contribution in [1.29, 1.82) is 0 Å². The molecule has 1 heterocycles. The fourth-order valence-electron chi connectivity index (χ4n) is 4.66. The fraction of sp³-hybridized carbons (Fsp3) is 0.909. The van der Waals surface area contributed by atoms with E-state index in [2.05, 4.69) is 42.8 Å². The van der Waals surface area contributed by atoms with E-state index < -0.39 is 0 Å². The smallest absolute Gasteiger partial charge is 0.237 e. The number of nitrogens with one attached hydrogen (secondary N) is 1. The molecule has 0 radical (unpaired) electrons. The van der Waals surface area contributed by atoms with Crippen LogP contribution in [-0.2, 0) is 9.59 Å². The average Bonchev–Trinajstić information content (AvgIpc) is 3.19. The molecule has 0 aromatic carbocycles. The molecule has 2 fully saturated rings. The minimum atomic E-state index is -0.0263. The van der Waals surface area contributed by atoms with Crippen LogP contribution >= 0.6 is 0 Å². The van der Waals surface area contributed by atoms with Crippen molar-refractivity contribution in [3.63, 3.8) is 0 Å². The van der Waals surface area contributed by atoms with Gasteiger partial charge in [-0.05, 0) is 37.8 Å². The number of nitrogens with zero attached hydrogens (tertiary/aromatic N) is 3. The Bertz CT molecular complexity index is 479. The maximum absolute atomic E-state index is 13.1. The first-order valence-electron chi connectivity index (χ1n) is 11.5. The lowest BCUT2D eigenvalue weighted by Gasteiger charge is -2.41. The minimum absolute atomic E-state index is 0.0263. The standard InChI is InChI=1S/C22H42N4O2/c1-5-24(6-2)12-11-23-22(28)21(19-9-7-8-10-19)26-15-13-25(14-16-26)20(27)17-18(3)4/h18-19,21H,5-17H2,1-4H3,(H,23,28). The first kappa shape index (κ1) is 23.1. The normalized spacial score (nSPS) is 20.1. The Morgan fingerprint density at radius 2 is 1.64 bits per heavy atom. The molecule has 1 aliphatic carbocycles. The molecule has 2 rings (SSSR count). The van der Waals surface area contributed by atoms with Gasteiger partial charge in [-0.1, -0.05) is 40.5 Å². The SMILES string of the molecule is CCN(CC)CCNC(=O)C(C1CCCC1)N1CCN(C(=O)CC(C)C)CC1. The number of rotatable bonds is 10. The van der Waals surface area contributed by atoms with Crippen molar-refractivity contribution in [1.82, 2.24) is 20.0 Å². The largest absolute Gasteiger partial charge is 0.353 e. The molecule has 1 aliphatic heterocycles. The van der Waals surface area contributed by atoms with Gasteiger partial charge in [-0.3, -0.25) is 14.5 Å². The molecule has 0 bridgehead atoms. The van der Waals surface area contributed by atoms with Gasteiger partial charge in [0, 0.05) is 45.7 Å². The van der Waals surface area contributed by atoms with Gasteiger partial charge in [-0.2, -0.15) is 0 Å². The Balaban J connectivity index is 1.90. The molecule has 1 atom stereocenters. The third kappa shape index (κ3) is 6.73. The van der Waals surface area contributed by atoms with E-state index in [0.717, 1.165) is 65.2 Å². The number of hydrogen-bond donors (Lipinski definition) is 1. The summed E-state index contributed by atoms with van der Waals surface area (Å²) in [6, 6.07) is -0.0263. The van der Waals surface area contributed by atoms with Crippen LogP contribution in [0.4, 0.5) is 0 Å². The Labute approximate surface area is 172 Å². The third-order valence-corrected chi connectivity index (χ3v) is 6.38. The molecule has 1 N–H and O–H groups in total. The van der Waals surface area contributed by atoms with Crippen LogP contribution in [0, 0.1) is 11.8 Å². The first-order chi connectivity index (χ1) is 13.5. The summed E-state index contributed by atoms with van der Waals surface area (Å²) in [4.78, 5) is 32.1. The molecule has 1 saturated heterocycles. The Kier molecular flexibility index (Phi) is 9.72. The molecule has 2 aliphatic rings. The molecule has 28 heavy (non-hydrogen) atoms. The highest BCUT2D eigenvalue weighted by molar-refractivity contribution is 5.82. The van der Waals surface area contributed by atoms with Crippen LogP contribution in [0.1, 0.15) is 59.8 Å². The number of carbonyl (C=O) groups excluding carboxylic acids is 2. The molecule has 0 aromatic rings. The monoisotopic (exact) mass is 394 g/mol. The van der Waals surface area contributed by atoms with E-state index in [1.807, 2.05) is 4.90 Å². The summed E-state index contributed by atoms with van der Waals surface area (Å²) in [5.41, 5.74) is 0. The van der Waals surface area contributed by atoms with Crippen LogP contribution < -0.4 is 5.32 Å². The van der Waals surface area contributed by atoms with Gasteiger partial charge in [0.25, 0.3) is 0 Å². The molecular formula is C22H42N4O2. The van der Waals surface area contributed by atoms with Crippen molar-refractivity contribution in [2.45, 2.75) is 65.8 Å². The molecule has 162 valence electrons. The van der Waals surface area contributed by atoms with E-state index in [4.69, 9.17) is 0 Å². The van der Waals surface area contributed by atoms with Crippen molar-refractivity contribution in [2.75, 3.05) is 52.4 Å². The topological polar surface area (TPSA) is 55.9 Å². The number of piperazine rings is 1. The first-order valence-corrected chi connectivity index (χ1v) is 11.5. The lowest BCUT2D eigenvalue weighted by Crippen LogP contribution is -2.58. The molecule has 1 unspecified atom stereocenters. The fourth-order valence-corrected chi connectivity index (χ4v) is 4.66. The quantitative estimate of drug-likeness (QED) is 0.617. The van der Waals surface area contributed by atoms with Gasteiger partial charge in [-0.25, -0.2) is 0 Å². The van der Waals surface area contributed by atoms with Crippen molar-refractivity contribution in [3.05, 3.63) is 0 Å². The van der Waals surface area contributed by atoms with Gasteiger partial charge >= 0.3 is 0 Å². The van der Waals surface area contributed by atoms with E-state index in [9.17, 15) is 9.59 Å². The summed E-state index contributed by atoms with van der Waals surface area (Å²) in [7, 11) is 0. The van der Waals surface area contributed by atoms with Gasteiger partial charge < -0.3 is 15.1 Å². The van der Waals surface area contributed by atoms with Crippen LogP contribution in [0.2, 0.25) is 0 Å². The number of hydrogen-bond acceptors (Lipinski definition) is 4. The molecule has 1 saturated carbocycles. The molecule has 6 heteroatoms. The highest BCUT2D eigenvalue weighted by Crippen LogP contribution is 2.31. The van der Waals surface area contributed by atoms with Crippen LogP contribution in [0.25, 0.3) is 0 Å². The van der Waals surface area contributed by atoms with Crippen molar-refractivity contribution in [2.24, 2.45) is 11.8 Å². The van der Waals surface area contributed by atoms with Crippen molar-refractivity contribution >= 4 is 11.8 Å². The van der Waals surface area contributed by atoms with Crippen molar-refractivity contribution < 1.29 is 9.59 Å². The summed E-state index contributed by atoms with van der Waals surface area (Å²) in [5, 5.41) is 3.21. The van der Waals surface area contributed by atoms with E-state index in [1.165, 1.54) is 12.8 Å². The minimum Gasteiger partial charge on any atom is -0.353 e. The van der Waals surface area contributed by atoms with Crippen LogP contribution in [0.5, 0.6) is 0 Å². The zero-order valence-corrected chi connectivity index (χ0v) is 18.6. The van der Waals surface area contributed by atoms with Gasteiger partial charge in [0.05, 0.1) is 6.04 Å². The highest BCUT2D eigenvalue weighted by Gasteiger charge is 2.37. The average molecular weight is 395 g/mol. The summed E-state index contributed by atoms with van der Waals surface area (Å²) in [5.74, 6) is 1.32. The van der Waals surface area contributed by atoms with Gasteiger partial charge in [0.15, 0.2) is 0 Å². The number of amides is 2. The second kappa shape index (κ2) is 11.8. The third-order valence-electron chi connectivity index (χ3n) is 6.38. The van der Waals surface area contributed by atoms with Gasteiger partial charge in [0.1, 0.15) is 0 Å². The lowest BCUT2D eigenvalue weighted by atomic mass is 9.95. The molecule has 0 spiro atoms. The van der Waals surface area contributed by atoms with Crippen LogP contribution in [0.15, 0.2) is 0 Å². The second-order valence-corrected chi connectivity index (χ2v) is 8.82. The van der Waals surface area contributed by atoms with Gasteiger partial charge in [0.2, 0.25) is 11.8 Å². The lowest BCUT2D eigenvalue weighted by molar-refractivity contribution is -0.136.